The number of amides is 2. The molecule has 3 saturated carbocycles. The van der Waals surface area contributed by atoms with Crippen molar-refractivity contribution in [2.45, 2.75) is 151 Å². The molecule has 7 unspecified atom stereocenters. The van der Waals surface area contributed by atoms with Crippen LogP contribution in [0.2, 0.25) is 0 Å². The average molecular weight is 677 g/mol. The van der Waals surface area contributed by atoms with E-state index in [0.29, 0.717) is 16.9 Å². The Labute approximate surface area is 295 Å². The number of ether oxygens (including phenoxy) is 1. The van der Waals surface area contributed by atoms with E-state index in [1.54, 1.807) is 18.7 Å². The predicted octanol–water partition coefficient (Wildman–Crippen LogP) is 9.21. The van der Waals surface area contributed by atoms with Gasteiger partial charge in [0.2, 0.25) is 11.9 Å². The van der Waals surface area contributed by atoms with Crippen LogP contribution < -0.4 is 21.3 Å². The van der Waals surface area contributed by atoms with E-state index in [9.17, 15) is 9.59 Å². The van der Waals surface area contributed by atoms with E-state index < -0.39 is 6.09 Å². The van der Waals surface area contributed by atoms with Gasteiger partial charge in [0.05, 0.1) is 6.04 Å². The molecule has 9 nitrogen and oxygen atoms in total. The molecule has 0 spiro atoms. The maximum Gasteiger partial charge on any atom is 0.415 e. The van der Waals surface area contributed by atoms with E-state index in [-0.39, 0.29) is 47.2 Å². The van der Waals surface area contributed by atoms with Crippen molar-refractivity contribution in [2.75, 3.05) is 21.3 Å². The molecule has 4 N–H and O–H groups in total. The second kappa shape index (κ2) is 13.7. The third-order valence-electron chi connectivity index (χ3n) is 14.1. The highest BCUT2D eigenvalue weighted by Gasteiger charge is 2.59. The van der Waals surface area contributed by atoms with Gasteiger partial charge in [0, 0.05) is 18.4 Å². The first-order chi connectivity index (χ1) is 23.1. The molecule has 1 aliphatic heterocycles. The van der Waals surface area contributed by atoms with Crippen molar-refractivity contribution in [2.24, 2.45) is 52.3 Å². The summed E-state index contributed by atoms with van der Waals surface area (Å²) < 4.78 is 6.33. The average Bonchev–Trinajstić information content (AvgIpc) is 3.39. The minimum absolute atomic E-state index is 0.106. The number of nitrogens with two attached hydrogens (primary N) is 1. The van der Waals surface area contributed by atoms with E-state index in [0.717, 1.165) is 54.8 Å². The fraction of sp³-hybridized carbons (Fsp3) is 0.800. The summed E-state index contributed by atoms with van der Waals surface area (Å²) in [6, 6.07) is -0.332. The van der Waals surface area contributed by atoms with Gasteiger partial charge in [-0.1, -0.05) is 79.4 Å². The summed E-state index contributed by atoms with van der Waals surface area (Å²) in [4.78, 5) is 36.8. The van der Waals surface area contributed by atoms with Crippen molar-refractivity contribution >= 4 is 35.3 Å². The Morgan fingerprint density at radius 2 is 1.80 bits per heavy atom. The molecule has 0 radical (unpaired) electrons. The van der Waals surface area contributed by atoms with E-state index in [4.69, 9.17) is 10.5 Å². The fourth-order valence-corrected chi connectivity index (χ4v) is 11.1. The molecule has 0 saturated heterocycles. The first kappa shape index (κ1) is 36.0. The number of fused-ring (bicyclic) bond motifs is 6. The van der Waals surface area contributed by atoms with Crippen molar-refractivity contribution in [3.05, 3.63) is 11.6 Å². The summed E-state index contributed by atoms with van der Waals surface area (Å²) in [6.45, 7) is 20.1. The number of carbonyl (C=O) groups excluding carboxylic acids is 2. The predicted molar refractivity (Wildman–Crippen MR) is 198 cm³/mol. The fourth-order valence-electron chi connectivity index (χ4n) is 11.1. The largest absolute Gasteiger partial charge is 0.445 e. The molecule has 1 aromatic rings. The van der Waals surface area contributed by atoms with Crippen LogP contribution in [0.3, 0.4) is 0 Å². The van der Waals surface area contributed by atoms with Gasteiger partial charge >= 0.3 is 6.09 Å². The lowest BCUT2D eigenvalue weighted by molar-refractivity contribution is -0.118. The highest BCUT2D eigenvalue weighted by molar-refractivity contribution is 5.98. The quantitative estimate of drug-likeness (QED) is 0.235. The number of hydrogen-bond donors (Lipinski definition) is 3. The summed E-state index contributed by atoms with van der Waals surface area (Å²) in [5.74, 6) is 5.07. The molecular weight excluding hydrogens is 612 g/mol. The van der Waals surface area contributed by atoms with E-state index in [1.165, 1.54) is 56.9 Å². The minimum atomic E-state index is -0.410. The number of aromatic nitrogens is 2. The summed E-state index contributed by atoms with van der Waals surface area (Å²) in [5.41, 5.74) is 9.02. The van der Waals surface area contributed by atoms with Crippen LogP contribution in [0.5, 0.6) is 0 Å². The van der Waals surface area contributed by atoms with E-state index in [1.807, 2.05) is 13.8 Å². The van der Waals surface area contributed by atoms with Gasteiger partial charge in [-0.15, -0.1) is 0 Å². The summed E-state index contributed by atoms with van der Waals surface area (Å²) in [6.07, 6.45) is 15.5. The number of hydrogen-bond acceptors (Lipinski definition) is 7. The van der Waals surface area contributed by atoms with Crippen molar-refractivity contribution in [3.8, 4) is 0 Å². The molecule has 0 aromatic carbocycles. The minimum Gasteiger partial charge on any atom is -0.445 e. The van der Waals surface area contributed by atoms with Crippen LogP contribution in [0.15, 0.2) is 11.6 Å². The normalized spacial score (nSPS) is 35.8. The van der Waals surface area contributed by atoms with Crippen LogP contribution in [0, 0.1) is 52.3 Å². The highest BCUT2D eigenvalue weighted by Crippen LogP contribution is 2.67. The summed E-state index contributed by atoms with van der Waals surface area (Å²) >= 11 is 0. The lowest BCUT2D eigenvalue weighted by atomic mass is 9.47. The van der Waals surface area contributed by atoms with Crippen molar-refractivity contribution in [1.29, 1.82) is 0 Å². The Morgan fingerprint density at radius 1 is 1.04 bits per heavy atom. The zero-order valence-electron chi connectivity index (χ0n) is 31.8. The smallest absolute Gasteiger partial charge is 0.415 e. The first-order valence-electron chi connectivity index (χ1n) is 19.6. The van der Waals surface area contributed by atoms with Gasteiger partial charge in [0.15, 0.2) is 11.6 Å². The molecule has 9 heteroatoms. The number of anilines is 4. The Balaban J connectivity index is 1.14. The topological polar surface area (TPSA) is 122 Å². The van der Waals surface area contributed by atoms with Crippen LogP contribution >= 0.6 is 0 Å². The molecule has 2 amide bonds. The van der Waals surface area contributed by atoms with Gasteiger partial charge in [0.1, 0.15) is 11.8 Å². The third kappa shape index (κ3) is 6.57. The van der Waals surface area contributed by atoms with Gasteiger partial charge in [-0.2, -0.15) is 9.97 Å². The number of nitrogens with zero attached hydrogens (tertiary/aromatic N) is 3. The molecule has 5 aliphatic rings. The lowest BCUT2D eigenvalue weighted by Crippen LogP contribution is -2.53. The highest BCUT2D eigenvalue weighted by atomic mass is 16.6. The Kier molecular flexibility index (Phi) is 10.1. The number of carbonyl (C=O) groups is 2. The molecule has 0 bridgehead atoms. The third-order valence-corrected chi connectivity index (χ3v) is 14.1. The van der Waals surface area contributed by atoms with Crippen molar-refractivity contribution in [3.63, 3.8) is 0 Å². The van der Waals surface area contributed by atoms with Crippen LogP contribution in [0.1, 0.15) is 133 Å². The van der Waals surface area contributed by atoms with Gasteiger partial charge in [-0.05, 0) is 105 Å². The molecule has 2 heterocycles. The Morgan fingerprint density at radius 3 is 2.51 bits per heavy atom. The van der Waals surface area contributed by atoms with E-state index >= 15 is 0 Å². The van der Waals surface area contributed by atoms with Gasteiger partial charge in [0.25, 0.3) is 0 Å². The summed E-state index contributed by atoms with van der Waals surface area (Å²) in [5, 5.41) is 6.08. The molecule has 49 heavy (non-hydrogen) atoms. The number of nitrogen functional groups attached to an aromatic ring is 1. The Bertz CT molecular complexity index is 1440. The second-order valence-electron chi connectivity index (χ2n) is 17.9. The SMILES string of the molecule is CC(C)CCCC(C)C1CCC2C3CC=C4C[C@@H](OC(=O)N5c6c(N)nc(NC(=O)C(C)C)nc6NC(C)C5C)CC[C@]4(C)C3CC[C@]12C. The second-order valence-corrected chi connectivity index (χ2v) is 17.9. The van der Waals surface area contributed by atoms with Gasteiger partial charge in [-0.25, -0.2) is 4.79 Å². The zero-order chi connectivity index (χ0) is 35.4. The maximum absolute atomic E-state index is 14.0. The first-order valence-corrected chi connectivity index (χ1v) is 19.6. The number of allylic oxidation sites excluding steroid dienone is 1. The van der Waals surface area contributed by atoms with Crippen LogP contribution in [0.25, 0.3) is 0 Å². The molecule has 4 aliphatic carbocycles. The molecule has 3 fully saturated rings. The maximum atomic E-state index is 14.0. The van der Waals surface area contributed by atoms with Crippen LogP contribution in [-0.2, 0) is 9.53 Å². The summed E-state index contributed by atoms with van der Waals surface area (Å²) in [7, 11) is 0. The lowest BCUT2D eigenvalue weighted by Gasteiger charge is -2.58. The molecule has 10 atom stereocenters. The monoisotopic (exact) mass is 677 g/mol. The van der Waals surface area contributed by atoms with Gasteiger partial charge in [-0.3, -0.25) is 15.0 Å². The molecule has 6 rings (SSSR count). The standard InChI is InChI=1S/C40H64N6O3/c1-22(2)11-10-12-24(5)30-15-16-31-29-14-13-27-21-28(17-19-39(27,8)32(29)18-20-40(30,31)9)49-38(48)46-26(7)25(6)42-35-33(46)34(41)43-37(44-35)45-36(47)23(3)4/h13,22-26,28-32H,10-12,14-21H2,1-9H3,(H4,41,42,43,44,45,47)/t24?,25?,26?,28-,29?,30?,31?,32?,39-,40+/m0/s1. The molecule has 272 valence electrons. The van der Waals surface area contributed by atoms with Crippen LogP contribution in [-0.4, -0.2) is 40.2 Å². The molecule has 1 aromatic heterocycles. The van der Waals surface area contributed by atoms with Crippen molar-refractivity contribution in [1.82, 2.24) is 9.97 Å². The number of rotatable bonds is 8. The van der Waals surface area contributed by atoms with Gasteiger partial charge < -0.3 is 15.8 Å². The Hall–Kier alpha value is -2.84. The van der Waals surface area contributed by atoms with Crippen molar-refractivity contribution < 1.29 is 14.3 Å². The number of nitrogens with one attached hydrogen (secondary N) is 2. The van der Waals surface area contributed by atoms with E-state index in [2.05, 4.69) is 61.3 Å². The van der Waals surface area contributed by atoms with Crippen LogP contribution in [0.4, 0.5) is 28.1 Å². The zero-order valence-corrected chi connectivity index (χ0v) is 31.8. The molecular formula is C40H64N6O3.